The van der Waals surface area contributed by atoms with E-state index in [9.17, 15) is 9.59 Å². The topological polar surface area (TPSA) is 88.8 Å². The lowest BCUT2D eigenvalue weighted by molar-refractivity contribution is 0.0604. The Morgan fingerprint density at radius 3 is 2.71 bits per heavy atom. The van der Waals surface area contributed by atoms with Crippen molar-refractivity contribution < 1.29 is 4.79 Å². The predicted molar refractivity (Wildman–Crippen MR) is 119 cm³/mol. The van der Waals surface area contributed by atoms with Crippen molar-refractivity contribution in [2.75, 3.05) is 6.54 Å². The van der Waals surface area contributed by atoms with Crippen molar-refractivity contribution in [2.24, 2.45) is 18.4 Å². The number of imidazole rings is 2. The highest BCUT2D eigenvalue weighted by Gasteiger charge is 2.38. The molecular formula is C23H28N6O2. The molecule has 2 bridgehead atoms. The van der Waals surface area contributed by atoms with Crippen LogP contribution in [0.15, 0.2) is 35.5 Å². The summed E-state index contributed by atoms with van der Waals surface area (Å²) in [6.07, 6.45) is 7.34. The van der Waals surface area contributed by atoms with E-state index >= 15 is 0 Å². The minimum absolute atomic E-state index is 0.00779. The average Bonchev–Trinajstić information content (AvgIpc) is 3.36. The van der Waals surface area contributed by atoms with Crippen LogP contribution in [0, 0.1) is 11.3 Å². The first kappa shape index (κ1) is 19.8. The van der Waals surface area contributed by atoms with Crippen LogP contribution in [-0.2, 0) is 13.6 Å². The number of aryl methyl sites for hydroxylation is 1. The third-order valence-corrected chi connectivity index (χ3v) is 6.33. The summed E-state index contributed by atoms with van der Waals surface area (Å²) in [5.74, 6) is 0.211. The number of hydrogen-bond acceptors (Lipinski definition) is 4. The number of piperidine rings is 1. The molecule has 2 atom stereocenters. The molecule has 8 nitrogen and oxygen atoms in total. The fraction of sp³-hybridized carbons (Fsp3) is 0.478. The largest absolute Gasteiger partial charge is 0.350 e. The Kier molecular flexibility index (Phi) is 4.42. The summed E-state index contributed by atoms with van der Waals surface area (Å²) in [4.78, 5) is 39.5. The van der Waals surface area contributed by atoms with Crippen molar-refractivity contribution in [3.63, 3.8) is 0 Å². The SMILES string of the molecule is Cn1c(=O)n(CC(C)(C)C)c2ccc(C3=CC4CCC3CN4C(=O)c3c[nH]cn3)nc21. The van der Waals surface area contributed by atoms with Gasteiger partial charge < -0.3 is 9.88 Å². The smallest absolute Gasteiger partial charge is 0.330 e. The first-order valence-electron chi connectivity index (χ1n) is 10.8. The molecule has 31 heavy (non-hydrogen) atoms. The zero-order valence-corrected chi connectivity index (χ0v) is 18.4. The Balaban J connectivity index is 1.50. The molecule has 0 aromatic carbocycles. The monoisotopic (exact) mass is 420 g/mol. The number of nitrogens with one attached hydrogen (secondary N) is 1. The van der Waals surface area contributed by atoms with Gasteiger partial charge in [-0.05, 0) is 36.0 Å². The number of rotatable bonds is 3. The summed E-state index contributed by atoms with van der Waals surface area (Å²) in [6.45, 7) is 7.69. The van der Waals surface area contributed by atoms with Crippen molar-refractivity contribution in [3.05, 3.63) is 52.6 Å². The molecule has 3 aromatic heterocycles. The van der Waals surface area contributed by atoms with Crippen LogP contribution in [0.1, 0.15) is 49.8 Å². The second-order valence-electron chi connectivity index (χ2n) is 9.90. The van der Waals surface area contributed by atoms with Gasteiger partial charge in [0.2, 0.25) is 0 Å². The van der Waals surface area contributed by atoms with Gasteiger partial charge in [-0.15, -0.1) is 0 Å². The fourth-order valence-corrected chi connectivity index (χ4v) is 4.88. The van der Waals surface area contributed by atoms with Gasteiger partial charge in [-0.2, -0.15) is 0 Å². The molecule has 0 spiro atoms. The van der Waals surface area contributed by atoms with Gasteiger partial charge in [-0.1, -0.05) is 26.8 Å². The molecule has 8 heteroatoms. The van der Waals surface area contributed by atoms with E-state index < -0.39 is 0 Å². The third-order valence-electron chi connectivity index (χ3n) is 6.33. The van der Waals surface area contributed by atoms with E-state index in [-0.39, 0.29) is 29.0 Å². The highest BCUT2D eigenvalue weighted by atomic mass is 16.2. The van der Waals surface area contributed by atoms with Crippen LogP contribution in [0.2, 0.25) is 0 Å². The number of pyridine rings is 1. The Morgan fingerprint density at radius 2 is 2.06 bits per heavy atom. The van der Waals surface area contributed by atoms with Crippen molar-refractivity contribution in [2.45, 2.75) is 46.2 Å². The van der Waals surface area contributed by atoms with E-state index in [0.29, 0.717) is 24.4 Å². The Hall–Kier alpha value is -3.16. The van der Waals surface area contributed by atoms with Gasteiger partial charge in [0, 0.05) is 32.3 Å². The Morgan fingerprint density at radius 1 is 1.26 bits per heavy atom. The van der Waals surface area contributed by atoms with Crippen LogP contribution < -0.4 is 5.69 Å². The number of H-pyrrole nitrogens is 1. The van der Waals surface area contributed by atoms with Gasteiger partial charge in [0.05, 0.1) is 23.6 Å². The standard InChI is InChI=1S/C23H28N6O2/c1-23(2,3)12-29-19-8-7-17(26-20(19)27(4)22(29)31)16-9-15-6-5-14(16)11-28(15)21(30)18-10-24-13-25-18/h7-10,13-15H,5-6,11-12H2,1-4H3,(H,24,25). The molecule has 0 radical (unpaired) electrons. The maximum Gasteiger partial charge on any atom is 0.330 e. The molecule has 5 heterocycles. The van der Waals surface area contributed by atoms with Crippen LogP contribution in [-0.4, -0.2) is 47.5 Å². The normalized spacial score (nSPS) is 21.0. The third kappa shape index (κ3) is 3.30. The molecule has 1 fully saturated rings. The lowest BCUT2D eigenvalue weighted by Gasteiger charge is -2.44. The quantitative estimate of drug-likeness (QED) is 0.706. The van der Waals surface area contributed by atoms with Gasteiger partial charge in [0.25, 0.3) is 5.91 Å². The molecule has 2 unspecified atom stereocenters. The number of carbonyl (C=O) groups excluding carboxylic acids is 1. The highest BCUT2D eigenvalue weighted by molar-refractivity contribution is 5.93. The number of amides is 1. The van der Waals surface area contributed by atoms with Gasteiger partial charge in [-0.25, -0.2) is 14.8 Å². The molecule has 3 aromatic rings. The van der Waals surface area contributed by atoms with Gasteiger partial charge in [-0.3, -0.25) is 13.9 Å². The second-order valence-corrected chi connectivity index (χ2v) is 9.90. The van der Waals surface area contributed by atoms with Crippen LogP contribution in [0.25, 0.3) is 16.7 Å². The molecule has 0 saturated carbocycles. The number of fused-ring (bicyclic) bond motifs is 3. The number of carbonyl (C=O) groups is 1. The van der Waals surface area contributed by atoms with E-state index in [1.807, 2.05) is 21.6 Å². The summed E-state index contributed by atoms with van der Waals surface area (Å²) in [5.41, 5.74) is 4.06. The summed E-state index contributed by atoms with van der Waals surface area (Å²) in [7, 11) is 1.78. The van der Waals surface area contributed by atoms with Crippen molar-refractivity contribution in [3.8, 4) is 0 Å². The van der Waals surface area contributed by atoms with Crippen LogP contribution in [0.3, 0.4) is 0 Å². The second kappa shape index (κ2) is 6.93. The number of aromatic nitrogens is 5. The zero-order chi connectivity index (χ0) is 21.9. The van der Waals surface area contributed by atoms with Crippen molar-refractivity contribution in [1.82, 2.24) is 29.0 Å². The highest BCUT2D eigenvalue weighted by Crippen LogP contribution is 2.40. The number of nitrogens with zero attached hydrogens (tertiary/aromatic N) is 5. The van der Waals surface area contributed by atoms with Gasteiger partial charge in [0.15, 0.2) is 5.65 Å². The van der Waals surface area contributed by atoms with Crippen LogP contribution in [0.4, 0.5) is 0 Å². The molecule has 1 N–H and O–H groups in total. The molecule has 1 aliphatic carbocycles. The summed E-state index contributed by atoms with van der Waals surface area (Å²) in [5, 5.41) is 0. The van der Waals surface area contributed by atoms with Gasteiger partial charge in [0.1, 0.15) is 5.69 Å². The molecular weight excluding hydrogens is 392 g/mol. The molecule has 162 valence electrons. The molecule has 2 aliphatic heterocycles. The molecule has 1 amide bonds. The van der Waals surface area contributed by atoms with E-state index in [0.717, 1.165) is 24.1 Å². The van der Waals surface area contributed by atoms with E-state index in [1.54, 1.807) is 17.8 Å². The molecule has 3 aliphatic rings. The van der Waals surface area contributed by atoms with Crippen molar-refractivity contribution >= 4 is 22.6 Å². The number of hydrogen-bond donors (Lipinski definition) is 1. The summed E-state index contributed by atoms with van der Waals surface area (Å²) in [6, 6.07) is 4.09. The zero-order valence-electron chi connectivity index (χ0n) is 18.4. The van der Waals surface area contributed by atoms with E-state index in [4.69, 9.17) is 4.98 Å². The fourth-order valence-electron chi connectivity index (χ4n) is 4.88. The van der Waals surface area contributed by atoms with Crippen LogP contribution in [0.5, 0.6) is 0 Å². The lowest BCUT2D eigenvalue weighted by atomic mass is 9.78. The average molecular weight is 421 g/mol. The van der Waals surface area contributed by atoms with Crippen LogP contribution >= 0.6 is 0 Å². The summed E-state index contributed by atoms with van der Waals surface area (Å²) >= 11 is 0. The maximum atomic E-state index is 12.8. The summed E-state index contributed by atoms with van der Waals surface area (Å²) < 4.78 is 3.46. The minimum Gasteiger partial charge on any atom is -0.350 e. The van der Waals surface area contributed by atoms with Gasteiger partial charge >= 0.3 is 5.69 Å². The lowest BCUT2D eigenvalue weighted by Crippen LogP contribution is -2.49. The number of aromatic amines is 1. The molecule has 1 saturated heterocycles. The first-order valence-corrected chi connectivity index (χ1v) is 10.8. The Labute approximate surface area is 180 Å². The Bertz CT molecular complexity index is 1240. The van der Waals surface area contributed by atoms with Crippen molar-refractivity contribution in [1.29, 1.82) is 0 Å². The van der Waals surface area contributed by atoms with E-state index in [2.05, 4.69) is 36.8 Å². The van der Waals surface area contributed by atoms with E-state index in [1.165, 1.54) is 11.9 Å². The molecule has 6 rings (SSSR count). The predicted octanol–water partition coefficient (Wildman–Crippen LogP) is 2.82. The first-order chi connectivity index (χ1) is 14.7. The minimum atomic E-state index is -0.0375. The maximum absolute atomic E-state index is 12.8.